The van der Waals surface area contributed by atoms with Crippen LogP contribution >= 0.6 is 0 Å². The highest BCUT2D eigenvalue weighted by molar-refractivity contribution is 5.80. The maximum atomic E-state index is 14.0. The van der Waals surface area contributed by atoms with Gasteiger partial charge in [-0.25, -0.2) is 8.78 Å². The Labute approximate surface area is 171 Å². The second-order valence-electron chi connectivity index (χ2n) is 7.66. The monoisotopic (exact) mass is 401 g/mol. The average Bonchev–Trinajstić information content (AvgIpc) is 3.13. The van der Waals surface area contributed by atoms with Gasteiger partial charge < -0.3 is 20.4 Å². The van der Waals surface area contributed by atoms with Gasteiger partial charge in [0.25, 0.3) is 0 Å². The number of hydrogen-bond donors (Lipinski definition) is 2. The lowest BCUT2D eigenvalue weighted by Gasteiger charge is -2.21. The van der Waals surface area contributed by atoms with E-state index in [1.165, 1.54) is 23.3 Å². The van der Waals surface area contributed by atoms with Gasteiger partial charge in [0.05, 0.1) is 5.69 Å². The molecule has 3 rings (SSSR count). The molecule has 2 aromatic carbocycles. The third kappa shape index (κ3) is 5.90. The van der Waals surface area contributed by atoms with Crippen molar-refractivity contribution in [2.45, 2.75) is 25.6 Å². The van der Waals surface area contributed by atoms with Crippen molar-refractivity contribution in [2.75, 3.05) is 39.1 Å². The summed E-state index contributed by atoms with van der Waals surface area (Å²) in [6.45, 7) is 2.92. The molecular formula is C22H29F2N5. The van der Waals surface area contributed by atoms with E-state index in [1.807, 2.05) is 4.90 Å². The van der Waals surface area contributed by atoms with Gasteiger partial charge in [-0.15, -0.1) is 0 Å². The van der Waals surface area contributed by atoms with Gasteiger partial charge in [0, 0.05) is 45.3 Å². The summed E-state index contributed by atoms with van der Waals surface area (Å²) < 4.78 is 27.2. The largest absolute Gasteiger partial charge is 0.367 e. The fourth-order valence-electron chi connectivity index (χ4n) is 3.61. The van der Waals surface area contributed by atoms with E-state index in [-0.39, 0.29) is 6.04 Å². The molecule has 0 saturated carbocycles. The first kappa shape index (κ1) is 21.0. The van der Waals surface area contributed by atoms with Crippen LogP contribution in [0.3, 0.4) is 0 Å². The van der Waals surface area contributed by atoms with E-state index in [0.717, 1.165) is 25.0 Å². The molecule has 1 atom stereocenters. The first-order valence-electron chi connectivity index (χ1n) is 9.84. The van der Waals surface area contributed by atoms with E-state index < -0.39 is 11.6 Å². The maximum absolute atomic E-state index is 14.0. The summed E-state index contributed by atoms with van der Waals surface area (Å²) in [6.07, 6.45) is 0.857. The number of hydrogen-bond acceptors (Lipinski definition) is 3. The van der Waals surface area contributed by atoms with Crippen molar-refractivity contribution in [1.82, 2.24) is 15.5 Å². The normalized spacial score (nSPS) is 17.1. The van der Waals surface area contributed by atoms with Crippen LogP contribution in [0.2, 0.25) is 0 Å². The minimum atomic E-state index is -0.556. The molecule has 2 aromatic rings. The topological polar surface area (TPSA) is 42.9 Å². The lowest BCUT2D eigenvalue weighted by atomic mass is 10.1. The second kappa shape index (κ2) is 9.69. The van der Waals surface area contributed by atoms with Crippen LogP contribution in [-0.2, 0) is 13.1 Å². The molecule has 1 heterocycles. The average molecular weight is 402 g/mol. The number of aliphatic imine (C=N–C) groups is 1. The fourth-order valence-corrected chi connectivity index (χ4v) is 3.61. The summed E-state index contributed by atoms with van der Waals surface area (Å²) in [4.78, 5) is 8.39. The molecule has 0 aromatic heterocycles. The summed E-state index contributed by atoms with van der Waals surface area (Å²) in [5.41, 5.74) is 2.90. The Morgan fingerprint density at radius 3 is 2.69 bits per heavy atom. The van der Waals surface area contributed by atoms with Gasteiger partial charge in [0.15, 0.2) is 5.96 Å². The minimum Gasteiger partial charge on any atom is -0.367 e. The van der Waals surface area contributed by atoms with E-state index >= 15 is 0 Å². The highest BCUT2D eigenvalue weighted by atomic mass is 19.1. The standard InChI is InChI=1S/C22H29F2N5/c1-25-22(26-13-16-5-4-6-17(11-16)14-28(2)3)27-19-9-10-29(15-19)21-8-7-18(23)12-20(21)24/h4-8,11-12,19H,9-10,13-15H2,1-3H3,(H2,25,26,27). The fraction of sp³-hybridized carbons (Fsp3) is 0.409. The van der Waals surface area contributed by atoms with Crippen molar-refractivity contribution < 1.29 is 8.78 Å². The molecule has 156 valence electrons. The Morgan fingerprint density at radius 1 is 1.17 bits per heavy atom. The van der Waals surface area contributed by atoms with E-state index in [9.17, 15) is 8.78 Å². The molecule has 0 bridgehead atoms. The van der Waals surface area contributed by atoms with Crippen molar-refractivity contribution in [1.29, 1.82) is 0 Å². The van der Waals surface area contributed by atoms with Crippen LogP contribution in [0.5, 0.6) is 0 Å². The van der Waals surface area contributed by atoms with Crippen LogP contribution in [0.25, 0.3) is 0 Å². The number of benzene rings is 2. The SMILES string of the molecule is CN=C(NCc1cccc(CN(C)C)c1)NC1CCN(c2ccc(F)cc2F)C1. The Morgan fingerprint density at radius 2 is 1.97 bits per heavy atom. The number of anilines is 1. The van der Waals surface area contributed by atoms with Crippen molar-refractivity contribution in [2.24, 2.45) is 4.99 Å². The Kier molecular flexibility index (Phi) is 7.04. The smallest absolute Gasteiger partial charge is 0.191 e. The van der Waals surface area contributed by atoms with Gasteiger partial charge in [-0.2, -0.15) is 0 Å². The summed E-state index contributed by atoms with van der Waals surface area (Å²) in [5.74, 6) is -0.362. The predicted molar refractivity (Wildman–Crippen MR) is 114 cm³/mol. The van der Waals surface area contributed by atoms with Crippen molar-refractivity contribution >= 4 is 11.6 Å². The summed E-state index contributed by atoms with van der Waals surface area (Å²) in [7, 11) is 5.85. The van der Waals surface area contributed by atoms with E-state index in [2.05, 4.69) is 58.9 Å². The van der Waals surface area contributed by atoms with Crippen LogP contribution in [-0.4, -0.2) is 51.1 Å². The van der Waals surface area contributed by atoms with Gasteiger partial charge in [0.2, 0.25) is 0 Å². The van der Waals surface area contributed by atoms with Crippen LogP contribution in [0.1, 0.15) is 17.5 Å². The molecule has 5 nitrogen and oxygen atoms in total. The van der Waals surface area contributed by atoms with Gasteiger partial charge >= 0.3 is 0 Å². The molecule has 7 heteroatoms. The second-order valence-corrected chi connectivity index (χ2v) is 7.66. The third-order valence-corrected chi connectivity index (χ3v) is 4.95. The highest BCUT2D eigenvalue weighted by Gasteiger charge is 2.25. The zero-order valence-electron chi connectivity index (χ0n) is 17.3. The zero-order valence-corrected chi connectivity index (χ0v) is 17.3. The quantitative estimate of drug-likeness (QED) is 0.577. The molecule has 0 radical (unpaired) electrons. The minimum absolute atomic E-state index is 0.144. The molecule has 1 fully saturated rings. The molecular weight excluding hydrogens is 372 g/mol. The number of guanidine groups is 1. The molecule has 1 aliphatic heterocycles. The van der Waals surface area contributed by atoms with Crippen LogP contribution in [0.15, 0.2) is 47.5 Å². The highest BCUT2D eigenvalue weighted by Crippen LogP contribution is 2.24. The lowest BCUT2D eigenvalue weighted by molar-refractivity contribution is 0.402. The van der Waals surface area contributed by atoms with Gasteiger partial charge in [-0.05, 0) is 43.8 Å². The van der Waals surface area contributed by atoms with Crippen molar-refractivity contribution in [3.63, 3.8) is 0 Å². The molecule has 0 amide bonds. The number of nitrogens with one attached hydrogen (secondary N) is 2. The van der Waals surface area contributed by atoms with Gasteiger partial charge in [0.1, 0.15) is 11.6 Å². The van der Waals surface area contributed by atoms with Gasteiger partial charge in [-0.1, -0.05) is 24.3 Å². The molecule has 2 N–H and O–H groups in total. The number of halogens is 2. The number of nitrogens with zero attached hydrogens (tertiary/aromatic N) is 3. The molecule has 1 aliphatic rings. The Hall–Kier alpha value is -2.67. The Bertz CT molecular complexity index is 853. The van der Waals surface area contributed by atoms with Gasteiger partial charge in [-0.3, -0.25) is 4.99 Å². The summed E-state index contributed by atoms with van der Waals surface area (Å²) in [5, 5.41) is 6.76. The lowest BCUT2D eigenvalue weighted by Crippen LogP contribution is -2.44. The third-order valence-electron chi connectivity index (χ3n) is 4.95. The summed E-state index contributed by atoms with van der Waals surface area (Å²) in [6, 6.07) is 12.3. The first-order valence-corrected chi connectivity index (χ1v) is 9.84. The van der Waals surface area contributed by atoms with Crippen LogP contribution < -0.4 is 15.5 Å². The molecule has 0 aliphatic carbocycles. The van der Waals surface area contributed by atoms with Crippen LogP contribution in [0.4, 0.5) is 14.5 Å². The van der Waals surface area contributed by atoms with Crippen molar-refractivity contribution in [3.8, 4) is 0 Å². The van der Waals surface area contributed by atoms with E-state index in [0.29, 0.717) is 25.3 Å². The van der Waals surface area contributed by atoms with Crippen LogP contribution in [0, 0.1) is 11.6 Å². The number of rotatable bonds is 6. The first-order chi connectivity index (χ1) is 13.9. The van der Waals surface area contributed by atoms with E-state index in [4.69, 9.17) is 0 Å². The molecule has 1 saturated heterocycles. The molecule has 1 unspecified atom stereocenters. The molecule has 29 heavy (non-hydrogen) atoms. The van der Waals surface area contributed by atoms with E-state index in [1.54, 1.807) is 7.05 Å². The summed E-state index contributed by atoms with van der Waals surface area (Å²) >= 11 is 0. The Balaban J connectivity index is 1.53. The van der Waals surface area contributed by atoms with Crippen molar-refractivity contribution in [3.05, 3.63) is 65.2 Å². The predicted octanol–water partition coefficient (Wildman–Crippen LogP) is 2.97. The molecule has 0 spiro atoms. The maximum Gasteiger partial charge on any atom is 0.191 e. The zero-order chi connectivity index (χ0) is 20.8.